The number of hydrogen-bond donors (Lipinski definition) is 0. The Morgan fingerprint density at radius 2 is 1.52 bits per heavy atom. The molecule has 3 atom stereocenters. The van der Waals surface area contributed by atoms with E-state index in [2.05, 4.69) is 0 Å². The van der Waals surface area contributed by atoms with Gasteiger partial charge >= 0.3 is 11.9 Å². The van der Waals surface area contributed by atoms with Gasteiger partial charge in [-0.15, -0.1) is 0 Å². The summed E-state index contributed by atoms with van der Waals surface area (Å²) in [6.07, 6.45) is -0.632. The van der Waals surface area contributed by atoms with Crippen molar-refractivity contribution in [2.45, 2.75) is 24.2 Å². The Kier molecular flexibility index (Phi) is 5.68. The maximum Gasteiger partial charge on any atom is 0.338 e. The second-order valence-electron chi connectivity index (χ2n) is 5.62. The molecule has 0 radical (unpaired) electrons. The smallest absolute Gasteiger partial charge is 0.338 e. The molecular formula is C19H17ClO5. The van der Waals surface area contributed by atoms with Crippen molar-refractivity contribution in [2.24, 2.45) is 0 Å². The molecule has 0 unspecified atom stereocenters. The van der Waals surface area contributed by atoms with Crippen molar-refractivity contribution in [1.29, 1.82) is 0 Å². The van der Waals surface area contributed by atoms with E-state index in [1.807, 2.05) is 12.1 Å². The van der Waals surface area contributed by atoms with Gasteiger partial charge in [-0.1, -0.05) is 48.0 Å². The van der Waals surface area contributed by atoms with Crippen molar-refractivity contribution >= 4 is 23.5 Å². The number of benzene rings is 2. The molecule has 25 heavy (non-hydrogen) atoms. The molecule has 130 valence electrons. The van der Waals surface area contributed by atoms with Gasteiger partial charge < -0.3 is 14.2 Å². The fourth-order valence-electron chi connectivity index (χ4n) is 2.51. The van der Waals surface area contributed by atoms with Gasteiger partial charge in [0.2, 0.25) is 0 Å². The predicted molar refractivity (Wildman–Crippen MR) is 91.5 cm³/mol. The molecule has 1 saturated heterocycles. The lowest BCUT2D eigenvalue weighted by Crippen LogP contribution is -2.23. The summed E-state index contributed by atoms with van der Waals surface area (Å²) in [5, 5.41) is 0. The van der Waals surface area contributed by atoms with Crippen LogP contribution >= 0.6 is 11.6 Å². The van der Waals surface area contributed by atoms with Gasteiger partial charge in [-0.05, 0) is 24.3 Å². The highest BCUT2D eigenvalue weighted by atomic mass is 35.5. The van der Waals surface area contributed by atoms with E-state index in [4.69, 9.17) is 25.8 Å². The van der Waals surface area contributed by atoms with Crippen LogP contribution in [0.2, 0.25) is 0 Å². The molecule has 6 heteroatoms. The van der Waals surface area contributed by atoms with Crippen molar-refractivity contribution in [3.05, 3.63) is 71.8 Å². The van der Waals surface area contributed by atoms with E-state index in [9.17, 15) is 9.59 Å². The van der Waals surface area contributed by atoms with Crippen LogP contribution in [0.4, 0.5) is 0 Å². The van der Waals surface area contributed by atoms with Crippen molar-refractivity contribution < 1.29 is 23.8 Å². The van der Waals surface area contributed by atoms with E-state index >= 15 is 0 Å². The van der Waals surface area contributed by atoms with Crippen molar-refractivity contribution in [2.75, 3.05) is 6.61 Å². The minimum atomic E-state index is -0.770. The fourth-order valence-corrected chi connectivity index (χ4v) is 2.81. The molecule has 0 amide bonds. The number of carbonyl (C=O) groups is 2. The third-order valence-electron chi connectivity index (χ3n) is 3.79. The molecule has 0 bridgehead atoms. The lowest BCUT2D eigenvalue weighted by molar-refractivity contribution is 0.0000680. The van der Waals surface area contributed by atoms with Gasteiger partial charge in [-0.25, -0.2) is 9.59 Å². The van der Waals surface area contributed by atoms with Crippen molar-refractivity contribution in [1.82, 2.24) is 0 Å². The predicted octanol–water partition coefficient (Wildman–Crippen LogP) is 3.42. The zero-order chi connectivity index (χ0) is 17.6. The molecule has 0 aliphatic carbocycles. The van der Waals surface area contributed by atoms with Crippen LogP contribution in [0.15, 0.2) is 60.7 Å². The number of halogens is 1. The molecule has 3 rings (SSSR count). The van der Waals surface area contributed by atoms with Crippen LogP contribution in [0.1, 0.15) is 27.1 Å². The van der Waals surface area contributed by atoms with Gasteiger partial charge in [0.25, 0.3) is 0 Å². The van der Waals surface area contributed by atoms with Crippen LogP contribution in [-0.2, 0) is 14.2 Å². The third-order valence-corrected chi connectivity index (χ3v) is 4.17. The lowest BCUT2D eigenvalue weighted by atomic mass is 10.2. The first-order chi connectivity index (χ1) is 12.1. The lowest BCUT2D eigenvalue weighted by Gasteiger charge is -2.13. The van der Waals surface area contributed by atoms with E-state index in [1.165, 1.54) is 0 Å². The molecule has 0 spiro atoms. The van der Waals surface area contributed by atoms with E-state index in [0.717, 1.165) is 0 Å². The van der Waals surface area contributed by atoms with Crippen LogP contribution in [-0.4, -0.2) is 36.3 Å². The van der Waals surface area contributed by atoms with Gasteiger partial charge in [-0.3, -0.25) is 0 Å². The van der Waals surface area contributed by atoms with Gasteiger partial charge in [0.15, 0.2) is 5.56 Å². The topological polar surface area (TPSA) is 61.8 Å². The van der Waals surface area contributed by atoms with Gasteiger partial charge in [0.05, 0.1) is 17.2 Å². The average molecular weight is 361 g/mol. The second-order valence-corrected chi connectivity index (χ2v) is 6.05. The number of hydrogen-bond acceptors (Lipinski definition) is 5. The normalized spacial score (nSPS) is 22.4. The average Bonchev–Trinajstić information content (AvgIpc) is 3.00. The first-order valence-electron chi connectivity index (χ1n) is 7.91. The number of rotatable bonds is 5. The van der Waals surface area contributed by atoms with E-state index in [0.29, 0.717) is 17.5 Å². The summed E-state index contributed by atoms with van der Waals surface area (Å²) in [5.74, 6) is -0.887. The summed E-state index contributed by atoms with van der Waals surface area (Å²) in [6.45, 7) is 0.0519. The van der Waals surface area contributed by atoms with Gasteiger partial charge in [-0.2, -0.15) is 0 Å². The maximum absolute atomic E-state index is 12.1. The minimum Gasteiger partial charge on any atom is -0.459 e. The Labute approximate surface area is 150 Å². The Bertz CT molecular complexity index is 719. The fraction of sp³-hybridized carbons (Fsp3) is 0.263. The van der Waals surface area contributed by atoms with Crippen LogP contribution in [0.5, 0.6) is 0 Å². The van der Waals surface area contributed by atoms with Gasteiger partial charge in [0.1, 0.15) is 12.7 Å². The third kappa shape index (κ3) is 4.59. The molecule has 0 saturated carbocycles. The van der Waals surface area contributed by atoms with Crippen LogP contribution in [0, 0.1) is 0 Å². The Balaban J connectivity index is 1.50. The van der Waals surface area contributed by atoms with Gasteiger partial charge in [0, 0.05) is 6.42 Å². The molecule has 2 aromatic carbocycles. The van der Waals surface area contributed by atoms with Crippen molar-refractivity contribution in [3.8, 4) is 0 Å². The quantitative estimate of drug-likeness (QED) is 0.604. The Morgan fingerprint density at radius 1 is 0.960 bits per heavy atom. The number of carbonyl (C=O) groups excluding carboxylic acids is 2. The van der Waals surface area contributed by atoms with E-state index in [1.54, 1.807) is 48.5 Å². The highest BCUT2D eigenvalue weighted by Crippen LogP contribution is 2.27. The molecule has 0 aromatic heterocycles. The summed E-state index contributed by atoms with van der Waals surface area (Å²) in [7, 11) is 0. The monoisotopic (exact) mass is 360 g/mol. The van der Waals surface area contributed by atoms with Crippen LogP contribution in [0.3, 0.4) is 0 Å². The minimum absolute atomic E-state index is 0.0519. The molecule has 5 nitrogen and oxygen atoms in total. The van der Waals surface area contributed by atoms with E-state index in [-0.39, 0.29) is 6.61 Å². The molecule has 2 aromatic rings. The number of ether oxygens (including phenoxy) is 3. The van der Waals surface area contributed by atoms with Crippen molar-refractivity contribution in [3.63, 3.8) is 0 Å². The maximum atomic E-state index is 12.1. The summed E-state index contributed by atoms with van der Waals surface area (Å²) in [4.78, 5) is 24.0. The zero-order valence-electron chi connectivity index (χ0n) is 13.3. The first kappa shape index (κ1) is 17.5. The SMILES string of the molecule is O=C(OC[C@@H]1C[C@@H](OC(=O)c2ccccc2)[C@H](Cl)O1)c1ccccc1. The highest BCUT2D eigenvalue weighted by Gasteiger charge is 2.37. The molecule has 0 N–H and O–H groups in total. The molecule has 1 fully saturated rings. The largest absolute Gasteiger partial charge is 0.459 e. The van der Waals surface area contributed by atoms with Crippen LogP contribution < -0.4 is 0 Å². The summed E-state index contributed by atoms with van der Waals surface area (Å²) >= 11 is 6.10. The first-order valence-corrected chi connectivity index (χ1v) is 8.35. The molecular weight excluding hydrogens is 344 g/mol. The Hall–Kier alpha value is -2.37. The summed E-state index contributed by atoms with van der Waals surface area (Å²) < 4.78 is 16.1. The highest BCUT2D eigenvalue weighted by molar-refractivity contribution is 6.20. The number of esters is 2. The molecule has 1 aliphatic heterocycles. The molecule has 1 aliphatic rings. The number of alkyl halides is 1. The Morgan fingerprint density at radius 3 is 2.12 bits per heavy atom. The molecule has 1 heterocycles. The summed E-state index contributed by atoms with van der Waals surface area (Å²) in [6, 6.07) is 17.3. The van der Waals surface area contributed by atoms with E-state index < -0.39 is 29.7 Å². The van der Waals surface area contributed by atoms with Crippen LogP contribution in [0.25, 0.3) is 0 Å². The summed E-state index contributed by atoms with van der Waals surface area (Å²) in [5.41, 5.74) is 0.147. The standard InChI is InChI=1S/C19H17ClO5/c20-17-16(25-19(22)14-9-5-2-6-10-14)11-15(24-17)12-23-18(21)13-7-3-1-4-8-13/h1-10,15-17H,11-12H2/t15-,16+,17+/m0/s1. The second kappa shape index (κ2) is 8.14. The zero-order valence-corrected chi connectivity index (χ0v) is 14.1.